The van der Waals surface area contributed by atoms with Crippen LogP contribution in [0.5, 0.6) is 0 Å². The molecule has 96 valence electrons. The molecule has 0 radical (unpaired) electrons. The minimum atomic E-state index is -0.238. The van der Waals surface area contributed by atoms with Gasteiger partial charge >= 0.3 is 0 Å². The number of hydrogen-bond donors (Lipinski definition) is 2. The van der Waals surface area contributed by atoms with E-state index in [1.807, 2.05) is 11.8 Å². The van der Waals surface area contributed by atoms with Gasteiger partial charge in [0.1, 0.15) is 11.5 Å². The van der Waals surface area contributed by atoms with Gasteiger partial charge in [0.25, 0.3) is 11.5 Å². The molecule has 1 amide bonds. The molecule has 2 aliphatic rings. The molecular formula is C12H15N3O2S. The Morgan fingerprint density at radius 1 is 1.44 bits per heavy atom. The molecule has 2 heterocycles. The zero-order valence-electron chi connectivity index (χ0n) is 9.94. The van der Waals surface area contributed by atoms with Gasteiger partial charge in [-0.15, -0.1) is 0 Å². The topological polar surface area (TPSA) is 74.8 Å². The lowest BCUT2D eigenvalue weighted by Gasteiger charge is -2.10. The van der Waals surface area contributed by atoms with E-state index in [-0.39, 0.29) is 23.2 Å². The summed E-state index contributed by atoms with van der Waals surface area (Å²) in [4.78, 5) is 30.5. The fourth-order valence-corrected chi connectivity index (χ4v) is 3.20. The lowest BCUT2D eigenvalue weighted by atomic mass is 10.2. The Hall–Kier alpha value is -1.30. The lowest BCUT2D eigenvalue weighted by Crippen LogP contribution is -2.36. The summed E-state index contributed by atoms with van der Waals surface area (Å²) >= 11 is 1.84. The first-order chi connectivity index (χ1) is 8.72. The van der Waals surface area contributed by atoms with Crippen molar-refractivity contribution in [3.63, 3.8) is 0 Å². The number of amides is 1. The van der Waals surface area contributed by atoms with E-state index in [9.17, 15) is 9.59 Å². The van der Waals surface area contributed by atoms with E-state index in [0.717, 1.165) is 30.8 Å². The number of carbonyl (C=O) groups is 1. The normalized spacial score (nSPS) is 23.0. The third-order valence-electron chi connectivity index (χ3n) is 3.22. The quantitative estimate of drug-likeness (QED) is 0.851. The molecule has 1 unspecified atom stereocenters. The summed E-state index contributed by atoms with van der Waals surface area (Å²) < 4.78 is 0. The predicted molar refractivity (Wildman–Crippen MR) is 70.0 cm³/mol. The van der Waals surface area contributed by atoms with Gasteiger partial charge in [0.2, 0.25) is 0 Å². The number of rotatable bonds is 3. The summed E-state index contributed by atoms with van der Waals surface area (Å²) in [6, 6.07) is 1.50. The van der Waals surface area contributed by atoms with Gasteiger partial charge in [0.05, 0.1) is 0 Å². The lowest BCUT2D eigenvalue weighted by molar-refractivity contribution is 0.0935. The van der Waals surface area contributed by atoms with Gasteiger partial charge in [-0.3, -0.25) is 9.59 Å². The molecule has 3 rings (SSSR count). The molecule has 1 aliphatic heterocycles. The van der Waals surface area contributed by atoms with Crippen LogP contribution in [0.3, 0.4) is 0 Å². The Kier molecular flexibility index (Phi) is 3.11. The van der Waals surface area contributed by atoms with Crippen LogP contribution in [0.2, 0.25) is 0 Å². The van der Waals surface area contributed by atoms with Gasteiger partial charge in [-0.05, 0) is 25.0 Å². The van der Waals surface area contributed by atoms with Gasteiger partial charge in [0, 0.05) is 23.8 Å². The van der Waals surface area contributed by atoms with E-state index >= 15 is 0 Å². The summed E-state index contributed by atoms with van der Waals surface area (Å²) in [5, 5.41) is 2.93. The van der Waals surface area contributed by atoms with Crippen LogP contribution in [0.1, 0.15) is 41.5 Å². The molecule has 18 heavy (non-hydrogen) atoms. The molecule has 1 saturated carbocycles. The molecule has 1 atom stereocenters. The molecule has 1 saturated heterocycles. The van der Waals surface area contributed by atoms with Crippen LogP contribution in [-0.4, -0.2) is 33.4 Å². The number of carbonyl (C=O) groups excluding carboxylic acids is 1. The second-order valence-corrected chi connectivity index (χ2v) is 5.97. The van der Waals surface area contributed by atoms with Gasteiger partial charge in [-0.25, -0.2) is 4.98 Å². The summed E-state index contributed by atoms with van der Waals surface area (Å²) in [6.45, 7) is 0. The highest BCUT2D eigenvalue weighted by atomic mass is 32.2. The largest absolute Gasteiger partial charge is 0.347 e. The fourth-order valence-electron chi connectivity index (χ4n) is 2.05. The van der Waals surface area contributed by atoms with Crippen molar-refractivity contribution < 1.29 is 4.79 Å². The summed E-state index contributed by atoms with van der Waals surface area (Å²) in [7, 11) is 0. The van der Waals surface area contributed by atoms with Crippen molar-refractivity contribution in [1.82, 2.24) is 15.3 Å². The van der Waals surface area contributed by atoms with E-state index in [1.165, 1.54) is 6.07 Å². The Morgan fingerprint density at radius 3 is 2.94 bits per heavy atom. The molecular weight excluding hydrogens is 250 g/mol. The number of nitrogens with one attached hydrogen (secondary N) is 2. The maximum Gasteiger partial charge on any atom is 0.270 e. The first kappa shape index (κ1) is 11.8. The molecule has 0 bridgehead atoms. The summed E-state index contributed by atoms with van der Waals surface area (Å²) in [5.41, 5.74) is 0.00963. The Balaban J connectivity index is 1.77. The zero-order chi connectivity index (χ0) is 12.5. The van der Waals surface area contributed by atoms with Crippen molar-refractivity contribution in [2.45, 2.75) is 31.2 Å². The van der Waals surface area contributed by atoms with Crippen LogP contribution in [0.25, 0.3) is 0 Å². The highest BCUT2D eigenvalue weighted by Crippen LogP contribution is 2.37. The molecule has 0 aromatic carbocycles. The number of thioether (sulfide) groups is 1. The van der Waals surface area contributed by atoms with Crippen LogP contribution >= 0.6 is 11.8 Å². The highest BCUT2D eigenvalue weighted by Gasteiger charge is 2.27. The smallest absolute Gasteiger partial charge is 0.270 e. The predicted octanol–water partition coefficient (Wildman–Crippen LogP) is 0.883. The van der Waals surface area contributed by atoms with Crippen LogP contribution in [0, 0.1) is 0 Å². The van der Waals surface area contributed by atoms with E-state index in [0.29, 0.717) is 11.7 Å². The van der Waals surface area contributed by atoms with Crippen molar-refractivity contribution in [3.05, 3.63) is 27.9 Å². The Morgan fingerprint density at radius 2 is 2.28 bits per heavy atom. The van der Waals surface area contributed by atoms with Crippen molar-refractivity contribution in [2.75, 3.05) is 11.5 Å². The minimum Gasteiger partial charge on any atom is -0.347 e. The monoisotopic (exact) mass is 265 g/mol. The minimum absolute atomic E-state index is 0.216. The molecule has 2 N–H and O–H groups in total. The molecule has 2 fully saturated rings. The van der Waals surface area contributed by atoms with Crippen LogP contribution in [0.4, 0.5) is 0 Å². The molecule has 1 aromatic rings. The maximum atomic E-state index is 12.0. The van der Waals surface area contributed by atoms with Crippen LogP contribution in [0.15, 0.2) is 10.9 Å². The summed E-state index contributed by atoms with van der Waals surface area (Å²) in [5.74, 6) is 2.81. The fraction of sp³-hybridized carbons (Fsp3) is 0.583. The number of H-pyrrole nitrogens is 1. The van der Waals surface area contributed by atoms with E-state index in [4.69, 9.17) is 0 Å². The van der Waals surface area contributed by atoms with Crippen molar-refractivity contribution >= 4 is 17.7 Å². The van der Waals surface area contributed by atoms with Gasteiger partial charge < -0.3 is 10.3 Å². The Labute approximate surface area is 109 Å². The molecule has 1 aliphatic carbocycles. The SMILES string of the molecule is O=C(NC1CCSC1)c1cc(=O)[nH]c(C2CC2)n1. The van der Waals surface area contributed by atoms with E-state index in [2.05, 4.69) is 15.3 Å². The van der Waals surface area contributed by atoms with Crippen LogP contribution < -0.4 is 10.9 Å². The van der Waals surface area contributed by atoms with Gasteiger partial charge in [-0.2, -0.15) is 11.8 Å². The first-order valence-corrected chi connectivity index (χ1v) is 7.38. The number of aromatic amines is 1. The van der Waals surface area contributed by atoms with Gasteiger partial charge in [-0.1, -0.05) is 0 Å². The van der Waals surface area contributed by atoms with E-state index < -0.39 is 0 Å². The molecule has 5 nitrogen and oxygen atoms in total. The number of nitrogens with zero attached hydrogens (tertiary/aromatic N) is 1. The second kappa shape index (κ2) is 4.76. The molecule has 6 heteroatoms. The van der Waals surface area contributed by atoms with Crippen molar-refractivity contribution in [3.8, 4) is 0 Å². The maximum absolute atomic E-state index is 12.0. The molecule has 0 spiro atoms. The average Bonchev–Trinajstić information content (AvgIpc) is 3.08. The number of hydrogen-bond acceptors (Lipinski definition) is 4. The molecule has 1 aromatic heterocycles. The highest BCUT2D eigenvalue weighted by molar-refractivity contribution is 7.99. The average molecular weight is 265 g/mol. The van der Waals surface area contributed by atoms with Gasteiger partial charge in [0.15, 0.2) is 0 Å². The zero-order valence-corrected chi connectivity index (χ0v) is 10.8. The van der Waals surface area contributed by atoms with Crippen molar-refractivity contribution in [1.29, 1.82) is 0 Å². The number of aromatic nitrogens is 2. The first-order valence-electron chi connectivity index (χ1n) is 6.22. The van der Waals surface area contributed by atoms with Crippen molar-refractivity contribution in [2.24, 2.45) is 0 Å². The standard InChI is InChI=1S/C12H15N3O2S/c16-10-5-9(14-11(15-10)7-1-2-7)12(17)13-8-3-4-18-6-8/h5,7-8H,1-4,6H2,(H,13,17)(H,14,15,16). The van der Waals surface area contributed by atoms with E-state index in [1.54, 1.807) is 0 Å². The summed E-state index contributed by atoms with van der Waals surface area (Å²) in [6.07, 6.45) is 3.09. The second-order valence-electron chi connectivity index (χ2n) is 4.82. The Bertz CT molecular complexity index is 518. The van der Waals surface area contributed by atoms with Crippen LogP contribution in [-0.2, 0) is 0 Å². The third kappa shape index (κ3) is 2.58. The third-order valence-corrected chi connectivity index (χ3v) is 4.38.